The Morgan fingerprint density at radius 2 is 1.41 bits per heavy atom. The van der Waals surface area contributed by atoms with Crippen molar-refractivity contribution >= 4 is 6.03 Å². The highest BCUT2D eigenvalue weighted by atomic mass is 16.5. The molecule has 0 saturated carbocycles. The molecule has 0 N–H and O–H groups in total. The number of likely N-dealkylation sites (tertiary alicyclic amines) is 1. The van der Waals surface area contributed by atoms with Crippen molar-refractivity contribution in [1.82, 2.24) is 9.80 Å². The molecule has 2 bridgehead atoms. The molecule has 2 aromatic rings. The highest BCUT2D eigenvalue weighted by Crippen LogP contribution is 2.44. The van der Waals surface area contributed by atoms with Crippen LogP contribution in [0.5, 0.6) is 11.5 Å². The molecule has 152 valence electrons. The Labute approximate surface area is 173 Å². The lowest BCUT2D eigenvalue weighted by Crippen LogP contribution is -2.53. The Morgan fingerprint density at radius 1 is 0.793 bits per heavy atom. The summed E-state index contributed by atoms with van der Waals surface area (Å²) in [6, 6.07) is 19.6. The number of carbonyl (C=O) groups excluding carboxylic acids is 1. The number of carbonyl (C=O) groups is 1. The first-order valence-electron chi connectivity index (χ1n) is 11.2. The van der Waals surface area contributed by atoms with Crippen LogP contribution >= 0.6 is 0 Å². The Hall–Kier alpha value is -2.49. The normalized spacial score (nSPS) is 26.4. The smallest absolute Gasteiger partial charge is 0.320 e. The first kappa shape index (κ1) is 18.5. The van der Waals surface area contributed by atoms with Gasteiger partial charge in [-0.3, -0.25) is 0 Å². The molecule has 4 nitrogen and oxygen atoms in total. The third-order valence-electron chi connectivity index (χ3n) is 6.91. The van der Waals surface area contributed by atoms with Gasteiger partial charge < -0.3 is 14.5 Å². The number of amides is 2. The molecular formula is C25H30N2O2. The summed E-state index contributed by atoms with van der Waals surface area (Å²) in [6.45, 7) is 1.89. The molecule has 2 amide bonds. The summed E-state index contributed by atoms with van der Waals surface area (Å²) >= 11 is 0. The van der Waals surface area contributed by atoms with Crippen molar-refractivity contribution in [2.45, 2.75) is 62.9 Å². The fourth-order valence-electron chi connectivity index (χ4n) is 5.44. The highest BCUT2D eigenvalue weighted by molar-refractivity contribution is 5.76. The third kappa shape index (κ3) is 3.85. The van der Waals surface area contributed by atoms with Gasteiger partial charge in [0.15, 0.2) is 0 Å². The van der Waals surface area contributed by atoms with E-state index in [1.54, 1.807) is 0 Å². The van der Waals surface area contributed by atoms with Crippen molar-refractivity contribution < 1.29 is 9.53 Å². The molecule has 29 heavy (non-hydrogen) atoms. The van der Waals surface area contributed by atoms with E-state index in [-0.39, 0.29) is 0 Å². The van der Waals surface area contributed by atoms with Gasteiger partial charge in [-0.05, 0) is 80.7 Å². The Morgan fingerprint density at radius 3 is 2.07 bits per heavy atom. The lowest BCUT2D eigenvalue weighted by Gasteiger charge is -2.42. The van der Waals surface area contributed by atoms with E-state index in [2.05, 4.69) is 34.1 Å². The number of ether oxygens (including phenoxy) is 1. The van der Waals surface area contributed by atoms with Gasteiger partial charge in [0.05, 0.1) is 0 Å². The highest BCUT2D eigenvalue weighted by Gasteiger charge is 2.44. The minimum atomic E-state index is 0.308. The maximum atomic E-state index is 13.1. The number of piperidine rings is 2. The second-order valence-corrected chi connectivity index (χ2v) is 8.78. The summed E-state index contributed by atoms with van der Waals surface area (Å²) in [7, 11) is 0. The van der Waals surface area contributed by atoms with Crippen molar-refractivity contribution in [2.24, 2.45) is 0 Å². The number of hydrogen-bond acceptors (Lipinski definition) is 2. The van der Waals surface area contributed by atoms with Crippen LogP contribution in [0.3, 0.4) is 0 Å². The molecule has 3 fully saturated rings. The van der Waals surface area contributed by atoms with Crippen molar-refractivity contribution in [2.75, 3.05) is 13.1 Å². The van der Waals surface area contributed by atoms with Crippen LogP contribution in [0.4, 0.5) is 4.79 Å². The predicted octanol–water partition coefficient (Wildman–Crippen LogP) is 5.80. The fraction of sp³-hybridized carbons (Fsp3) is 0.480. The van der Waals surface area contributed by atoms with Crippen LogP contribution in [-0.2, 0) is 0 Å². The number of benzene rings is 2. The summed E-state index contributed by atoms with van der Waals surface area (Å²) in [5, 5.41) is 0. The van der Waals surface area contributed by atoms with Crippen molar-refractivity contribution in [3.63, 3.8) is 0 Å². The second kappa shape index (κ2) is 8.10. The van der Waals surface area contributed by atoms with Crippen LogP contribution in [0.25, 0.3) is 0 Å². The van der Waals surface area contributed by atoms with Gasteiger partial charge in [0.25, 0.3) is 0 Å². The van der Waals surface area contributed by atoms with E-state index in [9.17, 15) is 4.79 Å². The van der Waals surface area contributed by atoms with Crippen LogP contribution in [-0.4, -0.2) is 41.0 Å². The largest absolute Gasteiger partial charge is 0.457 e. The van der Waals surface area contributed by atoms with Gasteiger partial charge in [0.1, 0.15) is 11.5 Å². The molecule has 0 radical (unpaired) electrons. The number of fused-ring (bicyclic) bond motifs is 2. The summed E-state index contributed by atoms with van der Waals surface area (Å²) in [6.07, 6.45) is 8.10. The second-order valence-electron chi connectivity index (χ2n) is 8.78. The van der Waals surface area contributed by atoms with Gasteiger partial charge in [-0.2, -0.15) is 0 Å². The topological polar surface area (TPSA) is 32.8 Å². The number of nitrogens with zero attached hydrogens (tertiary/aromatic N) is 2. The van der Waals surface area contributed by atoms with Crippen molar-refractivity contribution in [1.29, 1.82) is 0 Å². The van der Waals surface area contributed by atoms with E-state index in [1.807, 2.05) is 30.3 Å². The van der Waals surface area contributed by atoms with Gasteiger partial charge in [-0.1, -0.05) is 30.3 Å². The van der Waals surface area contributed by atoms with Crippen LogP contribution < -0.4 is 4.74 Å². The standard InChI is InChI=1S/C25H30N2O2/c28-25(26-15-5-2-6-16-26)27-21-11-12-22(27)18-20(17-21)19-9-13-24(14-10-19)29-23-7-3-1-4-8-23/h1,3-4,7-10,13-14,20-22H,2,5-6,11-12,15-18H2/t20-,21+,22-. The average Bonchev–Trinajstić information content (AvgIpc) is 3.04. The molecule has 3 aliphatic rings. The quantitative estimate of drug-likeness (QED) is 0.664. The summed E-state index contributed by atoms with van der Waals surface area (Å²) < 4.78 is 5.93. The zero-order chi connectivity index (χ0) is 19.6. The minimum Gasteiger partial charge on any atom is -0.457 e. The van der Waals surface area contributed by atoms with Crippen LogP contribution in [0.15, 0.2) is 54.6 Å². The molecule has 5 rings (SSSR count). The van der Waals surface area contributed by atoms with E-state index in [1.165, 1.54) is 12.0 Å². The molecule has 2 aromatic carbocycles. The van der Waals surface area contributed by atoms with E-state index in [4.69, 9.17) is 4.74 Å². The summed E-state index contributed by atoms with van der Waals surface area (Å²) in [4.78, 5) is 17.5. The maximum absolute atomic E-state index is 13.1. The zero-order valence-corrected chi connectivity index (χ0v) is 17.0. The summed E-state index contributed by atoms with van der Waals surface area (Å²) in [5.41, 5.74) is 1.38. The molecular weight excluding hydrogens is 360 g/mol. The Kier molecular flexibility index (Phi) is 5.17. The van der Waals surface area contributed by atoms with Crippen molar-refractivity contribution in [3.8, 4) is 11.5 Å². The molecule has 3 aliphatic heterocycles. The first-order valence-corrected chi connectivity index (χ1v) is 11.2. The predicted molar refractivity (Wildman–Crippen MR) is 114 cm³/mol. The molecule has 3 heterocycles. The van der Waals surface area contributed by atoms with E-state index in [0.717, 1.165) is 63.1 Å². The van der Waals surface area contributed by atoms with Gasteiger partial charge in [0.2, 0.25) is 0 Å². The number of para-hydroxylation sites is 1. The van der Waals surface area contributed by atoms with Gasteiger partial charge in [0, 0.05) is 25.2 Å². The lowest BCUT2D eigenvalue weighted by atomic mass is 9.85. The number of hydrogen-bond donors (Lipinski definition) is 0. The number of urea groups is 1. The molecule has 0 aromatic heterocycles. The fourth-order valence-corrected chi connectivity index (χ4v) is 5.44. The van der Waals surface area contributed by atoms with Gasteiger partial charge in [-0.15, -0.1) is 0 Å². The van der Waals surface area contributed by atoms with E-state index < -0.39 is 0 Å². The van der Waals surface area contributed by atoms with E-state index >= 15 is 0 Å². The lowest BCUT2D eigenvalue weighted by molar-refractivity contribution is 0.0991. The molecule has 4 heteroatoms. The van der Waals surface area contributed by atoms with Crippen LogP contribution in [0.1, 0.15) is 56.4 Å². The van der Waals surface area contributed by atoms with E-state index in [0.29, 0.717) is 24.0 Å². The minimum absolute atomic E-state index is 0.308. The molecule has 0 unspecified atom stereocenters. The SMILES string of the molecule is O=C(N1CCCCC1)N1[C@@H]2CC[C@H]1C[C@@H](c1ccc(Oc3ccccc3)cc1)C2. The van der Waals surface area contributed by atoms with Crippen molar-refractivity contribution in [3.05, 3.63) is 60.2 Å². The Bertz CT molecular complexity index is 816. The monoisotopic (exact) mass is 390 g/mol. The Balaban J connectivity index is 1.24. The van der Waals surface area contributed by atoms with Crippen LogP contribution in [0.2, 0.25) is 0 Å². The molecule has 0 aliphatic carbocycles. The van der Waals surface area contributed by atoms with Gasteiger partial charge in [-0.25, -0.2) is 4.79 Å². The molecule has 0 spiro atoms. The maximum Gasteiger partial charge on any atom is 0.320 e. The summed E-state index contributed by atoms with van der Waals surface area (Å²) in [5.74, 6) is 2.28. The average molecular weight is 391 g/mol. The van der Waals surface area contributed by atoms with Gasteiger partial charge >= 0.3 is 6.03 Å². The van der Waals surface area contributed by atoms with Crippen LogP contribution in [0, 0.1) is 0 Å². The molecule has 3 saturated heterocycles. The third-order valence-corrected chi connectivity index (χ3v) is 6.91. The molecule has 3 atom stereocenters. The number of rotatable bonds is 3. The zero-order valence-electron chi connectivity index (χ0n) is 17.0. The first-order chi connectivity index (χ1) is 14.3.